The molecule has 1 aromatic carbocycles. The summed E-state index contributed by atoms with van der Waals surface area (Å²) in [6, 6.07) is 7.91. The predicted octanol–water partition coefficient (Wildman–Crippen LogP) is 1.35. The van der Waals surface area contributed by atoms with Crippen LogP contribution in [0.3, 0.4) is 0 Å². The Morgan fingerprint density at radius 1 is 1.27 bits per heavy atom. The number of nitrogens with one attached hydrogen (secondary N) is 2. The van der Waals surface area contributed by atoms with Crippen LogP contribution in [0.5, 0.6) is 0 Å². The minimum Gasteiger partial charge on any atom is -0.427 e. The van der Waals surface area contributed by atoms with E-state index in [9.17, 15) is 10.0 Å². The maximum atomic E-state index is 12.2. The van der Waals surface area contributed by atoms with Crippen LogP contribution in [0.4, 0.5) is 0 Å². The maximum absolute atomic E-state index is 12.2. The van der Waals surface area contributed by atoms with Gasteiger partial charge in [0, 0.05) is 11.6 Å². The van der Waals surface area contributed by atoms with Crippen LogP contribution >= 0.6 is 23.2 Å². The first kappa shape index (κ1) is 17.9. The largest absolute Gasteiger partial charge is 0.427 e. The fraction of sp³-hybridized carbons (Fsp3) is 0.133. The molecule has 0 saturated heterocycles. The molecule has 3 aromatic rings. The van der Waals surface area contributed by atoms with Gasteiger partial charge in [-0.15, -0.1) is 5.10 Å². The lowest BCUT2D eigenvalue weighted by molar-refractivity contribution is -0.120. The van der Waals surface area contributed by atoms with Gasteiger partial charge in [0.1, 0.15) is 6.33 Å². The second kappa shape index (κ2) is 7.54. The van der Waals surface area contributed by atoms with E-state index < -0.39 is 0 Å². The van der Waals surface area contributed by atoms with Gasteiger partial charge in [-0.1, -0.05) is 23.2 Å². The number of rotatable bonds is 5. The van der Waals surface area contributed by atoms with E-state index in [1.807, 2.05) is 0 Å². The van der Waals surface area contributed by atoms with E-state index in [-0.39, 0.29) is 35.1 Å². The molecule has 3 rings (SSSR count). The summed E-state index contributed by atoms with van der Waals surface area (Å²) in [6.07, 6.45) is 1.24. The third-order valence-electron chi connectivity index (χ3n) is 3.59. The number of halogens is 2. The highest BCUT2D eigenvalue weighted by Crippen LogP contribution is 2.19. The minimum atomic E-state index is -0.386. The molecule has 134 valence electrons. The molecule has 1 amide bonds. The average molecular weight is 394 g/mol. The van der Waals surface area contributed by atoms with Crippen LogP contribution in [0, 0.1) is 5.41 Å². The van der Waals surface area contributed by atoms with E-state index in [0.29, 0.717) is 21.0 Å². The van der Waals surface area contributed by atoms with E-state index in [2.05, 4.69) is 20.8 Å². The van der Waals surface area contributed by atoms with Crippen molar-refractivity contribution in [3.05, 3.63) is 63.4 Å². The Hall–Kier alpha value is -2.91. The Morgan fingerprint density at radius 3 is 2.81 bits per heavy atom. The summed E-state index contributed by atoms with van der Waals surface area (Å²) in [4.78, 5) is 12.2. The third-order valence-corrected chi connectivity index (χ3v) is 4.17. The van der Waals surface area contributed by atoms with Crippen molar-refractivity contribution in [3.63, 3.8) is 0 Å². The smallest absolute Gasteiger partial charge is 0.226 e. The van der Waals surface area contributed by atoms with Crippen LogP contribution in [0.25, 0.3) is 5.69 Å². The van der Waals surface area contributed by atoms with E-state index in [1.165, 1.54) is 23.1 Å². The number of tetrazole rings is 1. The molecule has 0 unspecified atom stereocenters. The van der Waals surface area contributed by atoms with Crippen LogP contribution < -0.4 is 10.8 Å². The number of hydrogen-bond acceptors (Lipinski definition) is 6. The van der Waals surface area contributed by atoms with Crippen LogP contribution in [-0.4, -0.2) is 36.1 Å². The molecule has 0 fully saturated rings. The molecule has 0 aliphatic carbocycles. The van der Waals surface area contributed by atoms with Crippen molar-refractivity contribution in [1.82, 2.24) is 30.3 Å². The number of carbonyl (C=O) groups is 1. The summed E-state index contributed by atoms with van der Waals surface area (Å²) in [5, 5.41) is 31.8. The van der Waals surface area contributed by atoms with Crippen LogP contribution in [0.1, 0.15) is 11.3 Å². The summed E-state index contributed by atoms with van der Waals surface area (Å²) >= 11 is 12.0. The second-order valence-electron chi connectivity index (χ2n) is 5.31. The normalized spacial score (nSPS) is 10.7. The van der Waals surface area contributed by atoms with Crippen molar-refractivity contribution in [2.75, 3.05) is 0 Å². The Labute approximate surface area is 157 Å². The Balaban J connectivity index is 1.76. The van der Waals surface area contributed by atoms with Gasteiger partial charge in [0.05, 0.1) is 22.8 Å². The molecule has 0 aliphatic heterocycles. The molecule has 3 N–H and O–H groups in total. The summed E-state index contributed by atoms with van der Waals surface area (Å²) in [7, 11) is 0. The lowest BCUT2D eigenvalue weighted by Gasteiger charge is -2.12. The van der Waals surface area contributed by atoms with E-state index in [0.717, 1.165) is 0 Å². The lowest BCUT2D eigenvalue weighted by atomic mass is 10.1. The van der Waals surface area contributed by atoms with Crippen molar-refractivity contribution < 1.29 is 10.0 Å². The van der Waals surface area contributed by atoms with E-state index >= 15 is 0 Å². The van der Waals surface area contributed by atoms with E-state index in [4.69, 9.17) is 28.6 Å². The standard InChI is InChI=1S/C15H13Cl2N7O2/c16-10-1-3-12(23-8-20-21-22-23)9(5-10)7-19-15(25)6-13-11(17)2-4-14(18)24(13)26/h1-5,8,18,26H,6-7H2,(H,19,25). The molecule has 0 spiro atoms. The molecule has 9 nitrogen and oxygen atoms in total. The maximum Gasteiger partial charge on any atom is 0.226 e. The number of benzene rings is 1. The number of amides is 1. The number of nitrogens with zero attached hydrogens (tertiary/aromatic N) is 5. The molecule has 26 heavy (non-hydrogen) atoms. The highest BCUT2D eigenvalue weighted by Gasteiger charge is 2.13. The molecule has 0 saturated carbocycles. The molecular formula is C15H13Cl2N7O2. The highest BCUT2D eigenvalue weighted by atomic mass is 35.5. The monoisotopic (exact) mass is 393 g/mol. The first-order valence-corrected chi connectivity index (χ1v) is 8.14. The van der Waals surface area contributed by atoms with Gasteiger partial charge in [-0.3, -0.25) is 10.2 Å². The average Bonchev–Trinajstić information content (AvgIpc) is 3.15. The zero-order valence-electron chi connectivity index (χ0n) is 13.2. The van der Waals surface area contributed by atoms with Crippen molar-refractivity contribution in [2.45, 2.75) is 13.0 Å². The van der Waals surface area contributed by atoms with E-state index in [1.54, 1.807) is 18.2 Å². The van der Waals surface area contributed by atoms with Gasteiger partial charge in [0.25, 0.3) is 0 Å². The van der Waals surface area contributed by atoms with Crippen LogP contribution in [0.15, 0.2) is 36.7 Å². The number of carbonyl (C=O) groups excluding carboxylic acids is 1. The van der Waals surface area contributed by atoms with Crippen molar-refractivity contribution in [2.24, 2.45) is 0 Å². The zero-order chi connectivity index (χ0) is 18.7. The molecule has 2 heterocycles. The van der Waals surface area contributed by atoms with Crippen molar-refractivity contribution in [3.8, 4) is 5.69 Å². The molecular weight excluding hydrogens is 381 g/mol. The fourth-order valence-corrected chi connectivity index (χ4v) is 2.73. The second-order valence-corrected chi connectivity index (χ2v) is 6.15. The number of aromatic nitrogens is 5. The zero-order valence-corrected chi connectivity index (χ0v) is 14.7. The molecule has 0 aliphatic rings. The third kappa shape index (κ3) is 3.84. The molecule has 11 heteroatoms. The molecule has 0 radical (unpaired) electrons. The Morgan fingerprint density at radius 2 is 2.08 bits per heavy atom. The van der Waals surface area contributed by atoms with Gasteiger partial charge in [0.2, 0.25) is 5.91 Å². The van der Waals surface area contributed by atoms with Gasteiger partial charge >= 0.3 is 0 Å². The Kier molecular flexibility index (Phi) is 5.19. The molecule has 0 atom stereocenters. The lowest BCUT2D eigenvalue weighted by Crippen LogP contribution is -2.29. The van der Waals surface area contributed by atoms with Crippen LogP contribution in [0.2, 0.25) is 10.0 Å². The first-order valence-electron chi connectivity index (χ1n) is 7.38. The first-order chi connectivity index (χ1) is 12.5. The van der Waals surface area contributed by atoms with Crippen molar-refractivity contribution in [1.29, 1.82) is 5.41 Å². The topological polar surface area (TPSA) is 122 Å². The number of pyridine rings is 1. The summed E-state index contributed by atoms with van der Waals surface area (Å²) in [6.45, 7) is 0.165. The number of hydrogen-bond donors (Lipinski definition) is 3. The van der Waals surface area contributed by atoms with Gasteiger partial charge in [-0.25, -0.2) is 4.68 Å². The fourth-order valence-electron chi connectivity index (χ4n) is 2.32. The summed E-state index contributed by atoms with van der Waals surface area (Å²) < 4.78 is 2.04. The van der Waals surface area contributed by atoms with Gasteiger partial charge in [0.15, 0.2) is 5.49 Å². The molecule has 2 aromatic heterocycles. The summed E-state index contributed by atoms with van der Waals surface area (Å²) in [5.74, 6) is -0.386. The predicted molar refractivity (Wildman–Crippen MR) is 92.2 cm³/mol. The quantitative estimate of drug-likeness (QED) is 0.564. The van der Waals surface area contributed by atoms with Gasteiger partial charge in [-0.2, -0.15) is 4.73 Å². The minimum absolute atomic E-state index is 0.128. The van der Waals surface area contributed by atoms with Gasteiger partial charge < -0.3 is 10.5 Å². The summed E-state index contributed by atoms with van der Waals surface area (Å²) in [5.41, 5.74) is 1.33. The van der Waals surface area contributed by atoms with Crippen LogP contribution in [-0.2, 0) is 17.8 Å². The Bertz CT molecular complexity index is 1000. The molecule has 0 bridgehead atoms. The highest BCUT2D eigenvalue weighted by molar-refractivity contribution is 6.31. The van der Waals surface area contributed by atoms with Crippen molar-refractivity contribution >= 4 is 29.1 Å². The SMILES string of the molecule is N=c1ccc(Cl)c(CC(=O)NCc2cc(Cl)ccc2-n2cnnn2)n1O. The van der Waals surface area contributed by atoms with Gasteiger partial charge in [-0.05, 0) is 46.3 Å².